The molecule has 0 spiro atoms. The monoisotopic (exact) mass is 278 g/mol. The molecule has 0 radical (unpaired) electrons. The molecule has 0 aromatic heterocycles. The molecule has 1 unspecified atom stereocenters. The Kier molecular flexibility index (Phi) is 4.70. The lowest BCUT2D eigenvalue weighted by Crippen LogP contribution is -2.48. The maximum Gasteiger partial charge on any atom is 0.255 e. The average molecular weight is 278 g/mol. The summed E-state index contributed by atoms with van der Waals surface area (Å²) in [5.41, 5.74) is 6.89. The smallest absolute Gasteiger partial charge is 0.255 e. The highest BCUT2D eigenvalue weighted by molar-refractivity contribution is 5.98. The van der Waals surface area contributed by atoms with Gasteiger partial charge in [0.2, 0.25) is 0 Å². The normalized spacial score (nSPS) is 17.2. The molecule has 1 heterocycles. The fraction of sp³-hybridized carbons (Fsp3) is 0.429. The number of imide groups is 1. The first-order chi connectivity index (χ1) is 9.63. The van der Waals surface area contributed by atoms with Crippen LogP contribution in [-0.2, 0) is 14.3 Å². The van der Waals surface area contributed by atoms with E-state index in [0.717, 1.165) is 10.5 Å². The van der Waals surface area contributed by atoms with Crippen molar-refractivity contribution < 1.29 is 19.1 Å². The number of carbonyl (C=O) groups excluding carboxylic acids is 2. The molecule has 0 aliphatic carbocycles. The summed E-state index contributed by atoms with van der Waals surface area (Å²) >= 11 is 0. The molecular formula is C14H18N2O4. The van der Waals surface area contributed by atoms with E-state index < -0.39 is 6.04 Å². The molecular weight excluding hydrogens is 260 g/mol. The fourth-order valence-corrected chi connectivity index (χ4v) is 2.09. The van der Waals surface area contributed by atoms with Crippen LogP contribution >= 0.6 is 0 Å². The van der Waals surface area contributed by atoms with Crippen molar-refractivity contribution >= 4 is 11.8 Å². The van der Waals surface area contributed by atoms with Crippen molar-refractivity contribution in [2.45, 2.75) is 13.0 Å². The Labute approximate surface area is 117 Å². The molecule has 1 aliphatic rings. The molecule has 6 nitrogen and oxygen atoms in total. The largest absolute Gasteiger partial charge is 0.494 e. The maximum absolute atomic E-state index is 11.7. The number of carbonyl (C=O) groups is 2. The van der Waals surface area contributed by atoms with Crippen molar-refractivity contribution in [2.75, 3.05) is 26.4 Å². The average Bonchev–Trinajstić information content (AvgIpc) is 2.44. The first-order valence-corrected chi connectivity index (χ1v) is 6.51. The summed E-state index contributed by atoms with van der Waals surface area (Å²) < 4.78 is 10.4. The number of nitrogens with zero attached hydrogens (tertiary/aromatic N) is 1. The van der Waals surface area contributed by atoms with Gasteiger partial charge in [0.05, 0.1) is 12.6 Å². The molecule has 1 fully saturated rings. The second-order valence-electron chi connectivity index (χ2n) is 4.47. The zero-order chi connectivity index (χ0) is 14.5. The van der Waals surface area contributed by atoms with Gasteiger partial charge in [-0.25, -0.2) is 0 Å². The molecule has 2 amide bonds. The van der Waals surface area contributed by atoms with Crippen molar-refractivity contribution in [3.8, 4) is 5.75 Å². The highest BCUT2D eigenvalue weighted by atomic mass is 16.5. The molecule has 6 heteroatoms. The summed E-state index contributed by atoms with van der Waals surface area (Å²) in [5.74, 6) is -0.0353. The van der Waals surface area contributed by atoms with E-state index >= 15 is 0 Å². The molecule has 20 heavy (non-hydrogen) atoms. The number of nitrogens with two attached hydrogens (primary N) is 1. The minimum absolute atomic E-state index is 0.0778. The number of morpholine rings is 1. The Morgan fingerprint density at radius 1 is 1.30 bits per heavy atom. The van der Waals surface area contributed by atoms with Crippen LogP contribution in [0.3, 0.4) is 0 Å². The predicted octanol–water partition coefficient (Wildman–Crippen LogP) is 0.470. The van der Waals surface area contributed by atoms with Crippen LogP contribution in [0.4, 0.5) is 0 Å². The summed E-state index contributed by atoms with van der Waals surface area (Å²) in [6, 6.07) is 6.88. The van der Waals surface area contributed by atoms with Crippen molar-refractivity contribution in [3.05, 3.63) is 29.8 Å². The van der Waals surface area contributed by atoms with E-state index in [1.165, 1.54) is 0 Å². The van der Waals surface area contributed by atoms with Gasteiger partial charge in [0.1, 0.15) is 19.0 Å². The lowest BCUT2D eigenvalue weighted by molar-refractivity contribution is -0.158. The van der Waals surface area contributed by atoms with Gasteiger partial charge in [0.15, 0.2) is 0 Å². The number of para-hydroxylation sites is 1. The number of amides is 2. The zero-order valence-electron chi connectivity index (χ0n) is 11.4. The van der Waals surface area contributed by atoms with Gasteiger partial charge in [-0.2, -0.15) is 0 Å². The second-order valence-corrected chi connectivity index (χ2v) is 4.47. The summed E-state index contributed by atoms with van der Waals surface area (Å²) in [5, 5.41) is 0. The minimum Gasteiger partial charge on any atom is -0.494 e. The number of benzene rings is 1. The number of hydrogen-bond acceptors (Lipinski definition) is 5. The summed E-state index contributed by atoms with van der Waals surface area (Å²) in [6.45, 7) is 2.39. The molecule has 0 saturated carbocycles. The molecule has 1 atom stereocenters. The summed E-state index contributed by atoms with van der Waals surface area (Å²) in [6.07, 6.45) is 0. The molecule has 1 aromatic rings. The van der Waals surface area contributed by atoms with Gasteiger partial charge in [0.25, 0.3) is 11.8 Å². The fourth-order valence-electron chi connectivity index (χ4n) is 2.09. The van der Waals surface area contributed by atoms with Gasteiger partial charge >= 0.3 is 0 Å². The van der Waals surface area contributed by atoms with Crippen molar-refractivity contribution in [2.24, 2.45) is 5.73 Å². The standard InChI is InChI=1S/C14H18N2O4/c1-2-20-12-6-4-3-5-10(12)11(15)7-16-13(17)8-19-9-14(16)18/h3-6,11H,2,7-9,15H2,1H3. The molecule has 108 valence electrons. The highest BCUT2D eigenvalue weighted by Crippen LogP contribution is 2.24. The zero-order valence-corrected chi connectivity index (χ0v) is 11.4. The van der Waals surface area contributed by atoms with E-state index in [2.05, 4.69) is 0 Å². The predicted molar refractivity (Wildman–Crippen MR) is 72.1 cm³/mol. The molecule has 1 saturated heterocycles. The van der Waals surface area contributed by atoms with Crippen molar-refractivity contribution in [1.29, 1.82) is 0 Å². The quantitative estimate of drug-likeness (QED) is 0.792. The molecule has 0 bridgehead atoms. The molecule has 1 aliphatic heterocycles. The second kappa shape index (κ2) is 6.49. The van der Waals surface area contributed by atoms with Crippen LogP contribution < -0.4 is 10.5 Å². The Hall–Kier alpha value is -1.92. The lowest BCUT2D eigenvalue weighted by atomic mass is 10.1. The third-order valence-corrected chi connectivity index (χ3v) is 3.05. The van der Waals surface area contributed by atoms with Crippen LogP contribution in [0.1, 0.15) is 18.5 Å². The number of ether oxygens (including phenoxy) is 2. The van der Waals surface area contributed by atoms with E-state index in [0.29, 0.717) is 12.4 Å². The summed E-state index contributed by atoms with van der Waals surface area (Å²) in [4.78, 5) is 24.5. The summed E-state index contributed by atoms with van der Waals surface area (Å²) in [7, 11) is 0. The van der Waals surface area contributed by atoms with E-state index in [1.807, 2.05) is 31.2 Å². The highest BCUT2D eigenvalue weighted by Gasteiger charge is 2.29. The molecule has 1 aromatic carbocycles. The third-order valence-electron chi connectivity index (χ3n) is 3.05. The SMILES string of the molecule is CCOc1ccccc1C(N)CN1C(=O)COCC1=O. The van der Waals surface area contributed by atoms with E-state index in [4.69, 9.17) is 15.2 Å². The molecule has 2 N–H and O–H groups in total. The first kappa shape index (κ1) is 14.5. The van der Waals surface area contributed by atoms with E-state index in [1.54, 1.807) is 0 Å². The Morgan fingerprint density at radius 2 is 1.95 bits per heavy atom. The van der Waals surface area contributed by atoms with Crippen LogP contribution in [0, 0.1) is 0 Å². The first-order valence-electron chi connectivity index (χ1n) is 6.51. The Morgan fingerprint density at radius 3 is 2.60 bits per heavy atom. The van der Waals surface area contributed by atoms with Gasteiger partial charge in [-0.15, -0.1) is 0 Å². The van der Waals surface area contributed by atoms with Gasteiger partial charge in [-0.1, -0.05) is 18.2 Å². The van der Waals surface area contributed by atoms with Crippen LogP contribution in [0.15, 0.2) is 24.3 Å². The van der Waals surface area contributed by atoms with Gasteiger partial charge in [-0.05, 0) is 13.0 Å². The third kappa shape index (κ3) is 3.15. The topological polar surface area (TPSA) is 81.9 Å². The van der Waals surface area contributed by atoms with Crippen LogP contribution in [0.2, 0.25) is 0 Å². The molecule has 2 rings (SSSR count). The minimum atomic E-state index is -0.483. The van der Waals surface area contributed by atoms with E-state index in [9.17, 15) is 9.59 Å². The van der Waals surface area contributed by atoms with Crippen LogP contribution in [0.25, 0.3) is 0 Å². The lowest BCUT2D eigenvalue weighted by Gasteiger charge is -2.28. The van der Waals surface area contributed by atoms with Gasteiger partial charge < -0.3 is 15.2 Å². The Bertz CT molecular complexity index is 488. The van der Waals surface area contributed by atoms with Crippen molar-refractivity contribution in [1.82, 2.24) is 4.90 Å². The maximum atomic E-state index is 11.7. The number of rotatable bonds is 5. The van der Waals surface area contributed by atoms with Crippen LogP contribution in [0.5, 0.6) is 5.75 Å². The number of hydrogen-bond donors (Lipinski definition) is 1. The Balaban J connectivity index is 2.13. The van der Waals surface area contributed by atoms with E-state index in [-0.39, 0.29) is 31.6 Å². The van der Waals surface area contributed by atoms with Crippen LogP contribution in [-0.4, -0.2) is 43.1 Å². The van der Waals surface area contributed by atoms with Crippen molar-refractivity contribution in [3.63, 3.8) is 0 Å². The van der Waals surface area contributed by atoms with Gasteiger partial charge in [0, 0.05) is 12.1 Å². The van der Waals surface area contributed by atoms with Gasteiger partial charge in [-0.3, -0.25) is 14.5 Å².